The van der Waals surface area contributed by atoms with E-state index in [2.05, 4.69) is 36.0 Å². The molecule has 1 aromatic heterocycles. The lowest BCUT2D eigenvalue weighted by atomic mass is 10.0. The summed E-state index contributed by atoms with van der Waals surface area (Å²) >= 11 is 0. The van der Waals surface area contributed by atoms with Crippen LogP contribution in [0.25, 0.3) is 0 Å². The van der Waals surface area contributed by atoms with Gasteiger partial charge in [-0.1, -0.05) is 72.1 Å². The first-order valence-electron chi connectivity index (χ1n) is 11.7. The van der Waals surface area contributed by atoms with Crippen molar-refractivity contribution in [2.45, 2.75) is 111 Å². The fourth-order valence-electron chi connectivity index (χ4n) is 3.84. The highest BCUT2D eigenvalue weighted by Crippen LogP contribution is 2.21. The summed E-state index contributed by atoms with van der Waals surface area (Å²) in [4.78, 5) is 4.73. The molecule has 0 bridgehead atoms. The van der Waals surface area contributed by atoms with Gasteiger partial charge in [0.05, 0.1) is 5.69 Å². The lowest BCUT2D eigenvalue weighted by Gasteiger charge is -2.15. The average molecular weight is 388 g/mol. The molecule has 5 nitrogen and oxygen atoms in total. The molecular formula is C23H41N5. The van der Waals surface area contributed by atoms with Crippen LogP contribution in [0, 0.1) is 0 Å². The highest BCUT2D eigenvalue weighted by atomic mass is 15.4. The van der Waals surface area contributed by atoms with Crippen molar-refractivity contribution in [2.75, 3.05) is 6.54 Å². The van der Waals surface area contributed by atoms with E-state index in [0.717, 1.165) is 38.2 Å². The zero-order valence-electron chi connectivity index (χ0n) is 18.5. The quantitative estimate of drug-likeness (QED) is 0.254. The van der Waals surface area contributed by atoms with Crippen LogP contribution < -0.4 is 5.43 Å². The van der Waals surface area contributed by atoms with Gasteiger partial charge in [-0.05, 0) is 32.1 Å². The molecule has 0 saturated heterocycles. The molecule has 5 heteroatoms. The smallest absolute Gasteiger partial charge is 0.167 e. The van der Waals surface area contributed by atoms with Crippen molar-refractivity contribution in [3.8, 4) is 0 Å². The summed E-state index contributed by atoms with van der Waals surface area (Å²) in [6.07, 6.45) is 17.9. The van der Waals surface area contributed by atoms with E-state index in [9.17, 15) is 0 Å². The lowest BCUT2D eigenvalue weighted by Crippen LogP contribution is -2.27. The van der Waals surface area contributed by atoms with Gasteiger partial charge < -0.3 is 0 Å². The summed E-state index contributed by atoms with van der Waals surface area (Å²) in [5, 5.41) is 9.37. The normalized spacial score (nSPS) is 13.8. The van der Waals surface area contributed by atoms with Crippen LogP contribution in [0.5, 0.6) is 0 Å². The Kier molecular flexibility index (Phi) is 10.9. The molecule has 1 aromatic rings. The fraction of sp³-hybridized carbons (Fsp3) is 0.783. The molecule has 0 atom stereocenters. The first-order chi connectivity index (χ1) is 13.8. The van der Waals surface area contributed by atoms with E-state index in [4.69, 9.17) is 10.1 Å². The number of aromatic nitrogens is 2. The minimum Gasteiger partial charge on any atom is -0.265 e. The topological polar surface area (TPSA) is 54.6 Å². The molecule has 1 aliphatic rings. The van der Waals surface area contributed by atoms with Crippen LogP contribution in [0.4, 0.5) is 0 Å². The molecule has 2 heterocycles. The third-order valence-electron chi connectivity index (χ3n) is 5.50. The first-order valence-corrected chi connectivity index (χ1v) is 11.7. The third kappa shape index (κ3) is 7.06. The maximum Gasteiger partial charge on any atom is 0.167 e. The van der Waals surface area contributed by atoms with Crippen molar-refractivity contribution in [3.05, 3.63) is 17.0 Å². The number of aryl methyl sites for hydroxylation is 2. The zero-order valence-corrected chi connectivity index (χ0v) is 18.5. The van der Waals surface area contributed by atoms with Crippen LogP contribution in [0.2, 0.25) is 0 Å². The molecule has 0 fully saturated rings. The summed E-state index contributed by atoms with van der Waals surface area (Å²) in [5.74, 6) is 0.907. The Labute approximate surface area is 172 Å². The van der Waals surface area contributed by atoms with E-state index in [1.54, 1.807) is 0 Å². The Hall–Kier alpha value is -1.65. The van der Waals surface area contributed by atoms with E-state index in [1.165, 1.54) is 81.2 Å². The van der Waals surface area contributed by atoms with Gasteiger partial charge in [-0.3, -0.25) is 15.1 Å². The summed E-state index contributed by atoms with van der Waals surface area (Å²) in [5.41, 5.74) is 7.02. The van der Waals surface area contributed by atoms with Gasteiger partial charge >= 0.3 is 0 Å². The molecule has 158 valence electrons. The standard InChI is InChI=1S/C23H41N5/c1-4-7-9-11-13-15-19-28-22-20(21(6-3)27-28)16-18-24-23(22)26-25-17-14-12-10-8-5-2/h17H,4-16,18-19H2,1-3H3,(H,24,26)/b25-17+. The molecule has 1 aliphatic heterocycles. The van der Waals surface area contributed by atoms with Gasteiger partial charge in [0.15, 0.2) is 5.84 Å². The van der Waals surface area contributed by atoms with E-state index < -0.39 is 0 Å². The van der Waals surface area contributed by atoms with Gasteiger partial charge in [-0.25, -0.2) is 0 Å². The highest BCUT2D eigenvalue weighted by Gasteiger charge is 2.23. The molecule has 0 spiro atoms. The number of nitrogens with one attached hydrogen (secondary N) is 1. The number of nitrogens with zero attached hydrogens (tertiary/aromatic N) is 4. The number of aliphatic imine (C=N–C) groups is 1. The monoisotopic (exact) mass is 387 g/mol. The predicted octanol–water partition coefficient (Wildman–Crippen LogP) is 5.65. The van der Waals surface area contributed by atoms with Crippen molar-refractivity contribution in [1.82, 2.24) is 15.2 Å². The van der Waals surface area contributed by atoms with Crippen molar-refractivity contribution in [3.63, 3.8) is 0 Å². The van der Waals surface area contributed by atoms with Crippen molar-refractivity contribution >= 4 is 12.1 Å². The van der Waals surface area contributed by atoms with E-state index in [1.807, 2.05) is 6.21 Å². The Balaban J connectivity index is 1.93. The number of amidine groups is 1. The average Bonchev–Trinajstić information content (AvgIpc) is 3.08. The van der Waals surface area contributed by atoms with Gasteiger partial charge in [0.25, 0.3) is 0 Å². The molecule has 28 heavy (non-hydrogen) atoms. The second kappa shape index (κ2) is 13.5. The molecular weight excluding hydrogens is 346 g/mol. The van der Waals surface area contributed by atoms with Gasteiger partial charge in [0.2, 0.25) is 0 Å². The molecule has 0 unspecified atom stereocenters. The second-order valence-electron chi connectivity index (χ2n) is 7.87. The number of hydrogen-bond acceptors (Lipinski definition) is 4. The Morgan fingerprint density at radius 3 is 2.43 bits per heavy atom. The Morgan fingerprint density at radius 1 is 0.964 bits per heavy atom. The predicted molar refractivity (Wildman–Crippen MR) is 120 cm³/mol. The molecule has 0 radical (unpaired) electrons. The van der Waals surface area contributed by atoms with Gasteiger partial charge in [-0.15, -0.1) is 0 Å². The molecule has 0 aliphatic carbocycles. The Morgan fingerprint density at radius 2 is 1.68 bits per heavy atom. The van der Waals surface area contributed by atoms with Crippen LogP contribution >= 0.6 is 0 Å². The SMILES string of the molecule is CCCCCC/C=N/NC1=NCCc2c(CC)nn(CCCCCCCC)c21. The minimum atomic E-state index is 0.830. The van der Waals surface area contributed by atoms with Crippen LogP contribution in [0.1, 0.15) is 108 Å². The summed E-state index contributed by atoms with van der Waals surface area (Å²) < 4.78 is 2.19. The molecule has 0 saturated carbocycles. The summed E-state index contributed by atoms with van der Waals surface area (Å²) in [6, 6.07) is 0. The van der Waals surface area contributed by atoms with Crippen LogP contribution in [-0.2, 0) is 19.4 Å². The number of rotatable bonds is 14. The van der Waals surface area contributed by atoms with Crippen LogP contribution in [-0.4, -0.2) is 28.4 Å². The van der Waals surface area contributed by atoms with Gasteiger partial charge in [0.1, 0.15) is 5.69 Å². The molecule has 0 amide bonds. The first kappa shape index (κ1) is 22.6. The maximum absolute atomic E-state index is 4.92. The largest absolute Gasteiger partial charge is 0.265 e. The van der Waals surface area contributed by atoms with Crippen molar-refractivity contribution < 1.29 is 0 Å². The third-order valence-corrected chi connectivity index (χ3v) is 5.50. The zero-order chi connectivity index (χ0) is 20.0. The molecule has 0 aromatic carbocycles. The maximum atomic E-state index is 4.92. The van der Waals surface area contributed by atoms with Crippen LogP contribution in [0.15, 0.2) is 10.1 Å². The van der Waals surface area contributed by atoms with Crippen molar-refractivity contribution in [1.29, 1.82) is 0 Å². The second-order valence-corrected chi connectivity index (χ2v) is 7.87. The van der Waals surface area contributed by atoms with Crippen molar-refractivity contribution in [2.24, 2.45) is 10.1 Å². The number of unbranched alkanes of at least 4 members (excludes halogenated alkanes) is 9. The number of hydrazone groups is 1. The summed E-state index contributed by atoms with van der Waals surface area (Å²) in [6.45, 7) is 8.52. The summed E-state index contributed by atoms with van der Waals surface area (Å²) in [7, 11) is 0. The van der Waals surface area contributed by atoms with Crippen LogP contribution in [0.3, 0.4) is 0 Å². The minimum absolute atomic E-state index is 0.830. The fourth-order valence-corrected chi connectivity index (χ4v) is 3.84. The Bertz CT molecular complexity index is 615. The van der Waals surface area contributed by atoms with E-state index in [0.29, 0.717) is 0 Å². The highest BCUT2D eigenvalue weighted by molar-refractivity contribution is 5.99. The number of fused-ring (bicyclic) bond motifs is 1. The number of hydrogen-bond donors (Lipinski definition) is 1. The van der Waals surface area contributed by atoms with E-state index >= 15 is 0 Å². The molecule has 1 N–H and O–H groups in total. The van der Waals surface area contributed by atoms with E-state index in [-0.39, 0.29) is 0 Å². The lowest BCUT2D eigenvalue weighted by molar-refractivity contribution is 0.521. The van der Waals surface area contributed by atoms with Gasteiger partial charge in [-0.2, -0.15) is 10.2 Å². The van der Waals surface area contributed by atoms with Gasteiger partial charge in [0, 0.05) is 24.9 Å². The molecule has 2 rings (SSSR count).